The van der Waals surface area contributed by atoms with E-state index in [-0.39, 0.29) is 0 Å². The molecule has 5 rings (SSSR count). The number of allylic oxidation sites excluding steroid dienone is 1. The largest absolute Gasteiger partial charge is 0.302 e. The van der Waals surface area contributed by atoms with Crippen molar-refractivity contribution in [2.45, 2.75) is 42.8 Å². The molecule has 4 heterocycles. The molecule has 0 N–H and O–H groups in total. The highest BCUT2D eigenvalue weighted by Crippen LogP contribution is 2.31. The van der Waals surface area contributed by atoms with Crippen molar-refractivity contribution in [3.8, 4) is 5.13 Å². The molecule has 176 valence electrons. The topological polar surface area (TPSA) is 51.8 Å². The van der Waals surface area contributed by atoms with E-state index in [9.17, 15) is 0 Å². The monoisotopic (exact) mass is 510 g/mol. The summed E-state index contributed by atoms with van der Waals surface area (Å²) < 4.78 is 4.43. The Hall–Kier alpha value is -2.39. The van der Waals surface area contributed by atoms with Gasteiger partial charge in [0, 0.05) is 53.3 Å². The third-order valence-electron chi connectivity index (χ3n) is 6.11. The molecule has 6 nitrogen and oxygen atoms in total. The van der Waals surface area contributed by atoms with Gasteiger partial charge < -0.3 is 4.57 Å². The molecule has 3 aromatic heterocycles. The number of hydrogen-bond donors (Lipinski definition) is 0. The van der Waals surface area contributed by atoms with Gasteiger partial charge in [0.25, 0.3) is 0 Å². The van der Waals surface area contributed by atoms with Gasteiger partial charge in [-0.25, -0.2) is 4.98 Å². The van der Waals surface area contributed by atoms with Gasteiger partial charge in [-0.3, -0.25) is 9.47 Å². The average molecular weight is 511 g/mol. The number of thioether (sulfide) groups is 1. The standard InChI is InChI=1S/C25H27ClN6S2/c1-2-11-32-23(28-29-25(32)34-18-19-5-3-6-21(26)16-19)20-8-13-30(14-9-20)17-22-7-4-12-31(22)24-27-10-15-33-24/h2-7,10,12,15-16,20H,1,8-9,11,13-14,17-18H2. The number of piperidine rings is 1. The van der Waals surface area contributed by atoms with E-state index < -0.39 is 0 Å². The van der Waals surface area contributed by atoms with Crippen molar-refractivity contribution < 1.29 is 0 Å². The van der Waals surface area contributed by atoms with Crippen LogP contribution in [0.5, 0.6) is 0 Å². The van der Waals surface area contributed by atoms with Gasteiger partial charge in [0.2, 0.25) is 0 Å². The lowest BCUT2D eigenvalue weighted by molar-refractivity contribution is 0.197. The van der Waals surface area contributed by atoms with E-state index in [1.165, 1.54) is 11.3 Å². The summed E-state index contributed by atoms with van der Waals surface area (Å²) in [6.07, 6.45) is 8.04. The van der Waals surface area contributed by atoms with Crippen LogP contribution in [0.3, 0.4) is 0 Å². The minimum Gasteiger partial charge on any atom is -0.302 e. The van der Waals surface area contributed by atoms with Crippen LogP contribution in [0.4, 0.5) is 0 Å². The fourth-order valence-electron chi connectivity index (χ4n) is 4.43. The number of likely N-dealkylation sites (tertiary alicyclic amines) is 1. The summed E-state index contributed by atoms with van der Waals surface area (Å²) in [7, 11) is 0. The predicted molar refractivity (Wildman–Crippen MR) is 140 cm³/mol. The highest BCUT2D eigenvalue weighted by molar-refractivity contribution is 7.98. The lowest BCUT2D eigenvalue weighted by atomic mass is 9.96. The van der Waals surface area contributed by atoms with Crippen LogP contribution in [-0.2, 0) is 18.8 Å². The van der Waals surface area contributed by atoms with E-state index >= 15 is 0 Å². The number of aromatic nitrogens is 5. The molecule has 1 aromatic carbocycles. The van der Waals surface area contributed by atoms with Crippen LogP contribution in [0, 0.1) is 0 Å². The fraction of sp³-hybridized carbons (Fsp3) is 0.320. The Morgan fingerprint density at radius 3 is 2.82 bits per heavy atom. The smallest absolute Gasteiger partial charge is 0.193 e. The minimum atomic E-state index is 0.412. The van der Waals surface area contributed by atoms with Gasteiger partial charge >= 0.3 is 0 Å². The molecule has 9 heteroatoms. The van der Waals surface area contributed by atoms with Crippen LogP contribution < -0.4 is 0 Å². The molecule has 1 saturated heterocycles. The maximum Gasteiger partial charge on any atom is 0.193 e. The van der Waals surface area contributed by atoms with Crippen LogP contribution >= 0.6 is 34.7 Å². The van der Waals surface area contributed by atoms with Gasteiger partial charge in [-0.2, -0.15) is 0 Å². The van der Waals surface area contributed by atoms with Crippen LogP contribution in [0.2, 0.25) is 5.02 Å². The normalized spacial score (nSPS) is 15.1. The Morgan fingerprint density at radius 1 is 1.18 bits per heavy atom. The number of thiazole rings is 1. The molecule has 0 unspecified atom stereocenters. The molecular formula is C25H27ClN6S2. The molecule has 0 aliphatic carbocycles. The molecule has 0 saturated carbocycles. The summed E-state index contributed by atoms with van der Waals surface area (Å²) in [6.45, 7) is 7.69. The van der Waals surface area contributed by atoms with Gasteiger partial charge in [0.05, 0.1) is 0 Å². The Labute approximate surface area is 213 Å². The zero-order valence-electron chi connectivity index (χ0n) is 18.9. The number of rotatable bonds is 9. The SMILES string of the molecule is C=CCn1c(SCc2cccc(Cl)c2)nnc1C1CCN(Cc2cccn2-c2nccs2)CC1. The lowest BCUT2D eigenvalue weighted by Gasteiger charge is -2.31. The summed E-state index contributed by atoms with van der Waals surface area (Å²) in [4.78, 5) is 6.99. The first-order chi connectivity index (χ1) is 16.7. The molecule has 1 aliphatic rings. The van der Waals surface area contributed by atoms with Crippen molar-refractivity contribution in [3.63, 3.8) is 0 Å². The Morgan fingerprint density at radius 2 is 2.06 bits per heavy atom. The minimum absolute atomic E-state index is 0.412. The van der Waals surface area contributed by atoms with E-state index in [4.69, 9.17) is 11.6 Å². The average Bonchev–Trinajstić information content (AvgIpc) is 3.60. The Balaban J connectivity index is 1.22. The zero-order valence-corrected chi connectivity index (χ0v) is 21.3. The molecule has 34 heavy (non-hydrogen) atoms. The third-order valence-corrected chi connectivity index (χ3v) is 8.15. The van der Waals surface area contributed by atoms with Crippen LogP contribution in [0.15, 0.2) is 72.0 Å². The Bertz CT molecular complexity index is 1220. The molecule has 0 bridgehead atoms. The molecule has 1 fully saturated rings. The third kappa shape index (κ3) is 5.30. The van der Waals surface area contributed by atoms with E-state index in [0.29, 0.717) is 5.92 Å². The van der Waals surface area contributed by atoms with Crippen molar-refractivity contribution in [1.29, 1.82) is 0 Å². The van der Waals surface area contributed by atoms with Gasteiger partial charge in [0.1, 0.15) is 5.82 Å². The maximum absolute atomic E-state index is 6.14. The van der Waals surface area contributed by atoms with Crippen molar-refractivity contribution in [2.24, 2.45) is 0 Å². The quantitative estimate of drug-likeness (QED) is 0.203. The molecular weight excluding hydrogens is 484 g/mol. The van der Waals surface area contributed by atoms with Gasteiger partial charge in [-0.1, -0.05) is 41.6 Å². The van der Waals surface area contributed by atoms with Crippen LogP contribution in [0.25, 0.3) is 5.13 Å². The summed E-state index contributed by atoms with van der Waals surface area (Å²) in [5, 5.41) is 13.9. The zero-order chi connectivity index (χ0) is 23.3. The molecule has 0 amide bonds. The summed E-state index contributed by atoms with van der Waals surface area (Å²) in [5.74, 6) is 2.31. The van der Waals surface area contributed by atoms with Gasteiger partial charge in [-0.15, -0.1) is 28.1 Å². The lowest BCUT2D eigenvalue weighted by Crippen LogP contribution is -2.33. The van der Waals surface area contributed by atoms with Crippen LogP contribution in [-0.4, -0.2) is 42.3 Å². The summed E-state index contributed by atoms with van der Waals surface area (Å²) in [6, 6.07) is 12.3. The van der Waals surface area contributed by atoms with Crippen LogP contribution in [0.1, 0.15) is 35.8 Å². The van der Waals surface area contributed by atoms with E-state index in [1.54, 1.807) is 23.1 Å². The second-order valence-corrected chi connectivity index (χ2v) is 10.6. The van der Waals surface area contributed by atoms with Crippen molar-refractivity contribution in [1.82, 2.24) is 29.2 Å². The highest BCUT2D eigenvalue weighted by atomic mass is 35.5. The summed E-state index contributed by atoms with van der Waals surface area (Å²) in [5.41, 5.74) is 2.46. The molecule has 0 spiro atoms. The fourth-order valence-corrected chi connectivity index (χ4v) is 6.20. The van der Waals surface area contributed by atoms with Crippen molar-refractivity contribution in [3.05, 3.63) is 88.9 Å². The highest BCUT2D eigenvalue weighted by Gasteiger charge is 2.26. The van der Waals surface area contributed by atoms with E-state index in [2.05, 4.69) is 60.2 Å². The van der Waals surface area contributed by atoms with Crippen molar-refractivity contribution >= 4 is 34.7 Å². The first-order valence-electron chi connectivity index (χ1n) is 11.4. The molecule has 0 atom stereocenters. The van der Waals surface area contributed by atoms with Crippen molar-refractivity contribution in [2.75, 3.05) is 13.1 Å². The number of hydrogen-bond acceptors (Lipinski definition) is 6. The first kappa shape index (κ1) is 23.4. The molecule has 1 aliphatic heterocycles. The summed E-state index contributed by atoms with van der Waals surface area (Å²) >= 11 is 9.51. The number of halogens is 1. The van der Waals surface area contributed by atoms with Gasteiger partial charge in [-0.05, 0) is 55.8 Å². The van der Waals surface area contributed by atoms with Gasteiger partial charge in [0.15, 0.2) is 10.3 Å². The predicted octanol–water partition coefficient (Wildman–Crippen LogP) is 6.04. The number of benzene rings is 1. The molecule has 0 radical (unpaired) electrons. The second kappa shape index (κ2) is 10.9. The number of nitrogens with zero attached hydrogens (tertiary/aromatic N) is 6. The van der Waals surface area contributed by atoms with E-state index in [1.807, 2.05) is 35.9 Å². The maximum atomic E-state index is 6.14. The molecule has 4 aromatic rings. The second-order valence-electron chi connectivity index (χ2n) is 8.39. The Kier molecular flexibility index (Phi) is 7.49. The van der Waals surface area contributed by atoms with E-state index in [0.717, 1.165) is 65.9 Å². The first-order valence-corrected chi connectivity index (χ1v) is 13.7.